The summed E-state index contributed by atoms with van der Waals surface area (Å²) in [7, 11) is 0. The maximum absolute atomic E-state index is 14.5. The molecule has 1 amide bonds. The fourth-order valence-electron chi connectivity index (χ4n) is 2.88. The van der Waals surface area contributed by atoms with Crippen LogP contribution in [0.1, 0.15) is 42.2 Å². The average molecular weight is 340 g/mol. The molecule has 0 saturated carbocycles. The summed E-state index contributed by atoms with van der Waals surface area (Å²) in [4.78, 5) is 18.0. The van der Waals surface area contributed by atoms with Crippen LogP contribution in [-0.2, 0) is 0 Å². The van der Waals surface area contributed by atoms with Crippen LogP contribution in [0.4, 0.5) is 10.1 Å². The van der Waals surface area contributed by atoms with Crippen LogP contribution in [0.15, 0.2) is 47.7 Å². The monoisotopic (exact) mass is 340 g/mol. The number of rotatable bonds is 4. The minimum atomic E-state index is -0.398. The zero-order chi connectivity index (χ0) is 17.6. The van der Waals surface area contributed by atoms with Gasteiger partial charge in [-0.2, -0.15) is 5.10 Å². The smallest absolute Gasteiger partial charge is 0.289 e. The number of benzene rings is 1. The van der Waals surface area contributed by atoms with Crippen molar-refractivity contribution in [3.05, 3.63) is 59.7 Å². The van der Waals surface area contributed by atoms with Gasteiger partial charge in [0.1, 0.15) is 11.5 Å². The van der Waals surface area contributed by atoms with Crippen LogP contribution < -0.4 is 10.3 Å². The van der Waals surface area contributed by atoms with E-state index in [0.717, 1.165) is 25.9 Å². The Bertz CT molecular complexity index is 770. The molecule has 0 bridgehead atoms. The third kappa shape index (κ3) is 4.21. The molecular formula is C19H21FN4O. The Morgan fingerprint density at radius 2 is 2.00 bits per heavy atom. The summed E-state index contributed by atoms with van der Waals surface area (Å²) in [5.41, 5.74) is 4.54. The number of carbonyl (C=O) groups excluding carboxylic acids is 1. The molecule has 1 aromatic carbocycles. The van der Waals surface area contributed by atoms with E-state index < -0.39 is 5.91 Å². The molecule has 25 heavy (non-hydrogen) atoms. The van der Waals surface area contributed by atoms with Gasteiger partial charge in [0, 0.05) is 24.8 Å². The van der Waals surface area contributed by atoms with Gasteiger partial charge in [0.25, 0.3) is 5.91 Å². The van der Waals surface area contributed by atoms with Crippen molar-refractivity contribution >= 4 is 17.3 Å². The highest BCUT2D eigenvalue weighted by Gasteiger charge is 2.15. The first-order valence-electron chi connectivity index (χ1n) is 8.45. The number of hydrogen-bond donors (Lipinski definition) is 1. The van der Waals surface area contributed by atoms with Crippen LogP contribution in [0.2, 0.25) is 0 Å². The lowest BCUT2D eigenvalue weighted by Gasteiger charge is -2.29. The Hall–Kier alpha value is -2.76. The van der Waals surface area contributed by atoms with Gasteiger partial charge in [0.15, 0.2) is 0 Å². The van der Waals surface area contributed by atoms with E-state index in [2.05, 4.69) is 20.4 Å². The molecule has 1 aromatic heterocycles. The number of nitrogens with one attached hydrogen (secondary N) is 1. The number of carbonyl (C=O) groups is 1. The van der Waals surface area contributed by atoms with E-state index in [9.17, 15) is 9.18 Å². The van der Waals surface area contributed by atoms with Crippen LogP contribution in [0, 0.1) is 5.82 Å². The van der Waals surface area contributed by atoms with Gasteiger partial charge >= 0.3 is 0 Å². The van der Waals surface area contributed by atoms with E-state index in [0.29, 0.717) is 17.0 Å². The Balaban J connectivity index is 1.70. The number of halogens is 1. The molecular weight excluding hydrogens is 319 g/mol. The Morgan fingerprint density at radius 1 is 1.20 bits per heavy atom. The predicted octanol–water partition coefficient (Wildman–Crippen LogP) is 3.37. The molecule has 5 nitrogen and oxygen atoms in total. The summed E-state index contributed by atoms with van der Waals surface area (Å²) in [6.45, 7) is 3.51. The maximum Gasteiger partial charge on any atom is 0.289 e. The fraction of sp³-hybridized carbons (Fsp3) is 0.316. The molecule has 3 rings (SSSR count). The Kier molecular flexibility index (Phi) is 5.38. The standard InChI is InChI=1S/C19H21FN4O/c1-14(22-23-19(25)17-7-3-4-10-21-17)15-8-9-18(16(20)13-15)24-11-5-2-6-12-24/h3-4,7-10,13H,2,5-6,11-12H2,1H3,(H,23,25)/b22-14+. The van der Waals surface area contributed by atoms with Crippen molar-refractivity contribution in [2.75, 3.05) is 18.0 Å². The molecule has 6 heteroatoms. The number of aromatic nitrogens is 1. The molecule has 0 unspecified atom stereocenters. The maximum atomic E-state index is 14.5. The van der Waals surface area contributed by atoms with Gasteiger partial charge in [0.2, 0.25) is 0 Å². The number of amides is 1. The first-order chi connectivity index (χ1) is 12.1. The van der Waals surface area contributed by atoms with Gasteiger partial charge in [0.05, 0.1) is 11.4 Å². The summed E-state index contributed by atoms with van der Waals surface area (Å²) in [5, 5.41) is 4.05. The molecule has 0 spiro atoms. The number of nitrogens with zero attached hydrogens (tertiary/aromatic N) is 3. The van der Waals surface area contributed by atoms with Gasteiger partial charge in [-0.1, -0.05) is 12.1 Å². The molecule has 1 aliphatic rings. The number of anilines is 1. The van der Waals surface area contributed by atoms with E-state index in [4.69, 9.17) is 0 Å². The molecule has 130 valence electrons. The third-order valence-electron chi connectivity index (χ3n) is 4.28. The zero-order valence-corrected chi connectivity index (χ0v) is 14.2. The summed E-state index contributed by atoms with van der Waals surface area (Å²) < 4.78 is 14.5. The van der Waals surface area contributed by atoms with Crippen molar-refractivity contribution in [3.63, 3.8) is 0 Å². The van der Waals surface area contributed by atoms with Crippen molar-refractivity contribution in [1.82, 2.24) is 10.4 Å². The largest absolute Gasteiger partial charge is 0.369 e. The highest BCUT2D eigenvalue weighted by Crippen LogP contribution is 2.24. The molecule has 1 N–H and O–H groups in total. The van der Waals surface area contributed by atoms with E-state index >= 15 is 0 Å². The minimum Gasteiger partial charge on any atom is -0.369 e. The van der Waals surface area contributed by atoms with Crippen LogP contribution in [0.25, 0.3) is 0 Å². The molecule has 1 aliphatic heterocycles. The van der Waals surface area contributed by atoms with Crippen LogP contribution >= 0.6 is 0 Å². The summed E-state index contributed by atoms with van der Waals surface area (Å²) >= 11 is 0. The van der Waals surface area contributed by atoms with Gasteiger partial charge in [-0.3, -0.25) is 9.78 Å². The van der Waals surface area contributed by atoms with E-state index in [1.165, 1.54) is 12.5 Å². The second-order valence-corrected chi connectivity index (χ2v) is 6.07. The topological polar surface area (TPSA) is 57.6 Å². The van der Waals surface area contributed by atoms with E-state index in [1.54, 1.807) is 37.4 Å². The molecule has 0 radical (unpaired) electrons. The first-order valence-corrected chi connectivity index (χ1v) is 8.45. The number of piperidine rings is 1. The van der Waals surface area contributed by atoms with Gasteiger partial charge in [-0.05, 0) is 50.5 Å². The number of hydrogen-bond acceptors (Lipinski definition) is 4. The van der Waals surface area contributed by atoms with Crippen LogP contribution in [0.5, 0.6) is 0 Å². The number of hydrazone groups is 1. The van der Waals surface area contributed by atoms with Crippen molar-refractivity contribution in [2.45, 2.75) is 26.2 Å². The lowest BCUT2D eigenvalue weighted by molar-refractivity contribution is 0.0950. The van der Waals surface area contributed by atoms with Crippen molar-refractivity contribution < 1.29 is 9.18 Å². The molecule has 1 saturated heterocycles. The summed E-state index contributed by atoms with van der Waals surface area (Å²) in [6.07, 6.45) is 4.95. The minimum absolute atomic E-state index is 0.259. The molecule has 2 heterocycles. The average Bonchev–Trinajstić information content (AvgIpc) is 2.67. The third-order valence-corrected chi connectivity index (χ3v) is 4.28. The second-order valence-electron chi connectivity index (χ2n) is 6.07. The number of pyridine rings is 1. The lowest BCUT2D eigenvalue weighted by Crippen LogP contribution is -2.30. The van der Waals surface area contributed by atoms with Gasteiger partial charge < -0.3 is 4.90 Å². The quantitative estimate of drug-likeness (QED) is 0.686. The van der Waals surface area contributed by atoms with Crippen molar-refractivity contribution in [1.29, 1.82) is 0 Å². The van der Waals surface area contributed by atoms with E-state index in [-0.39, 0.29) is 11.5 Å². The lowest BCUT2D eigenvalue weighted by atomic mass is 10.1. The van der Waals surface area contributed by atoms with Crippen molar-refractivity contribution in [2.24, 2.45) is 5.10 Å². The molecule has 0 aliphatic carbocycles. The fourth-order valence-corrected chi connectivity index (χ4v) is 2.88. The highest BCUT2D eigenvalue weighted by molar-refractivity contribution is 6.00. The van der Waals surface area contributed by atoms with Crippen molar-refractivity contribution in [3.8, 4) is 0 Å². The molecule has 0 atom stereocenters. The second kappa shape index (κ2) is 7.88. The van der Waals surface area contributed by atoms with Crippen LogP contribution in [0.3, 0.4) is 0 Å². The predicted molar refractivity (Wildman–Crippen MR) is 96.4 cm³/mol. The van der Waals surface area contributed by atoms with E-state index in [1.807, 2.05) is 6.07 Å². The Morgan fingerprint density at radius 3 is 2.68 bits per heavy atom. The summed E-state index contributed by atoms with van der Waals surface area (Å²) in [6, 6.07) is 10.2. The highest BCUT2D eigenvalue weighted by atomic mass is 19.1. The molecule has 1 fully saturated rings. The normalized spacial score (nSPS) is 15.1. The SMILES string of the molecule is C/C(=N\NC(=O)c1ccccn1)c1ccc(N2CCCCC2)c(F)c1. The van der Waals surface area contributed by atoms with Crippen LogP contribution in [-0.4, -0.2) is 29.7 Å². The Labute approximate surface area is 146 Å². The van der Waals surface area contributed by atoms with Gasteiger partial charge in [-0.15, -0.1) is 0 Å². The summed E-state index contributed by atoms with van der Waals surface area (Å²) in [5.74, 6) is -0.657. The zero-order valence-electron chi connectivity index (χ0n) is 14.2. The first kappa shape index (κ1) is 17.1. The molecule has 2 aromatic rings. The van der Waals surface area contributed by atoms with Gasteiger partial charge in [-0.25, -0.2) is 9.82 Å².